The van der Waals surface area contributed by atoms with Gasteiger partial charge in [-0.2, -0.15) is 0 Å². The molecule has 0 saturated heterocycles. The summed E-state index contributed by atoms with van der Waals surface area (Å²) in [4.78, 5) is 0. The summed E-state index contributed by atoms with van der Waals surface area (Å²) in [5.74, 6) is 8.53. The number of benzene rings is 2. The van der Waals surface area contributed by atoms with Crippen LogP contribution in [0, 0.1) is 27.8 Å². The lowest BCUT2D eigenvalue weighted by atomic mass is 10.1. The third kappa shape index (κ3) is 3.37. The summed E-state index contributed by atoms with van der Waals surface area (Å²) in [6, 6.07) is 15.6. The van der Waals surface area contributed by atoms with Gasteiger partial charge in [0.25, 0.3) is 0 Å². The maximum atomic E-state index is 6.98. The van der Waals surface area contributed by atoms with E-state index in [4.69, 9.17) is 6.42 Å². The van der Waals surface area contributed by atoms with Crippen LogP contribution in [0.25, 0.3) is 0 Å². The summed E-state index contributed by atoms with van der Waals surface area (Å²) in [6.07, 6.45) is 6.98. The second-order valence-corrected chi connectivity index (χ2v) is 4.70. The third-order valence-corrected chi connectivity index (χ3v) is 2.94. The van der Waals surface area contributed by atoms with E-state index in [1.54, 1.807) is 0 Å². The highest BCUT2D eigenvalue weighted by Gasteiger charge is 1.87. The first-order chi connectivity index (χ1) is 8.28. The average molecular weight is 327 g/mol. The molecule has 0 nitrogen and oxygen atoms in total. The van der Waals surface area contributed by atoms with Gasteiger partial charge in [-0.1, -0.05) is 24.0 Å². The minimum Gasteiger partial charge on any atom is -0.366 e. The van der Waals surface area contributed by atoms with E-state index in [-0.39, 0.29) is 0 Å². The Morgan fingerprint density at radius 3 is 1.59 bits per heavy atom. The standard InChI is InChI=1S/C16H8I/c1-2-13-3-5-14(6-4-13)7-8-15-9-11-16(17)12-10-15/h3-6,9-12H/q-1. The first kappa shape index (κ1) is 11.8. The molecule has 0 bridgehead atoms. The van der Waals surface area contributed by atoms with Crippen molar-refractivity contribution in [2.24, 2.45) is 0 Å². The first-order valence-corrected chi connectivity index (χ1v) is 6.16. The molecule has 0 aliphatic heterocycles. The van der Waals surface area contributed by atoms with Crippen LogP contribution in [-0.4, -0.2) is 0 Å². The van der Waals surface area contributed by atoms with Crippen molar-refractivity contribution < 1.29 is 0 Å². The molecule has 0 saturated carbocycles. The smallest absolute Gasteiger partial charge is 0.0249 e. The lowest BCUT2D eigenvalue weighted by molar-refractivity contribution is 1.58. The molecule has 2 aromatic rings. The quantitative estimate of drug-likeness (QED) is 0.394. The molecule has 0 heterocycles. The van der Waals surface area contributed by atoms with Crippen molar-refractivity contribution in [3.05, 3.63) is 75.2 Å². The van der Waals surface area contributed by atoms with Crippen LogP contribution < -0.4 is 0 Å². The van der Waals surface area contributed by atoms with Crippen LogP contribution in [0.3, 0.4) is 0 Å². The summed E-state index contributed by atoms with van der Waals surface area (Å²) in [5.41, 5.74) is 2.72. The van der Waals surface area contributed by atoms with Gasteiger partial charge in [0.15, 0.2) is 0 Å². The Kier molecular flexibility index (Phi) is 3.85. The molecule has 2 aromatic carbocycles. The maximum Gasteiger partial charge on any atom is 0.0249 e. The lowest BCUT2D eigenvalue weighted by Gasteiger charge is -1.98. The molecule has 0 N–H and O–H groups in total. The number of rotatable bonds is 0. The highest BCUT2D eigenvalue weighted by molar-refractivity contribution is 14.1. The minimum absolute atomic E-state index is 0.768. The normalized spacial score (nSPS) is 8.94. The van der Waals surface area contributed by atoms with Crippen LogP contribution in [0.15, 0.2) is 48.5 Å². The average Bonchev–Trinajstić information content (AvgIpc) is 2.39. The van der Waals surface area contributed by atoms with Crippen molar-refractivity contribution in [1.82, 2.24) is 0 Å². The fourth-order valence-electron chi connectivity index (χ4n) is 1.31. The van der Waals surface area contributed by atoms with E-state index in [0.717, 1.165) is 16.7 Å². The van der Waals surface area contributed by atoms with E-state index in [1.165, 1.54) is 3.57 Å². The van der Waals surface area contributed by atoms with Crippen LogP contribution in [0.4, 0.5) is 0 Å². The van der Waals surface area contributed by atoms with Crippen molar-refractivity contribution in [3.8, 4) is 17.8 Å². The summed E-state index contributed by atoms with van der Waals surface area (Å²) in [5, 5.41) is 0. The number of halogens is 1. The van der Waals surface area contributed by atoms with Crippen LogP contribution in [-0.2, 0) is 0 Å². The Hall–Kier alpha value is -1.71. The summed E-state index contributed by atoms with van der Waals surface area (Å²) in [6.45, 7) is 0. The van der Waals surface area contributed by atoms with Gasteiger partial charge < -0.3 is 6.42 Å². The zero-order valence-corrected chi connectivity index (χ0v) is 11.2. The van der Waals surface area contributed by atoms with Crippen LogP contribution in [0.5, 0.6) is 0 Å². The second kappa shape index (κ2) is 5.57. The molecular formula is C16H8I-. The molecule has 0 aromatic heterocycles. The molecule has 80 valence electrons. The van der Waals surface area contributed by atoms with Crippen molar-refractivity contribution >= 4 is 22.6 Å². The van der Waals surface area contributed by atoms with Gasteiger partial charge in [-0.15, -0.1) is 17.7 Å². The van der Waals surface area contributed by atoms with Gasteiger partial charge in [0.2, 0.25) is 0 Å². The van der Waals surface area contributed by atoms with Crippen molar-refractivity contribution in [2.75, 3.05) is 0 Å². The van der Waals surface area contributed by atoms with Gasteiger partial charge in [0.05, 0.1) is 0 Å². The minimum atomic E-state index is 0.768. The SMILES string of the molecule is [C-]#Cc1ccc(C#Cc2ccc(I)cc2)cc1. The van der Waals surface area contributed by atoms with Gasteiger partial charge in [0.1, 0.15) is 0 Å². The van der Waals surface area contributed by atoms with Crippen molar-refractivity contribution in [3.63, 3.8) is 0 Å². The maximum absolute atomic E-state index is 6.98. The highest BCUT2D eigenvalue weighted by atomic mass is 127. The molecule has 0 fully saturated rings. The van der Waals surface area contributed by atoms with Gasteiger partial charge >= 0.3 is 0 Å². The molecule has 1 heteroatoms. The summed E-state index contributed by atoms with van der Waals surface area (Å²) >= 11 is 2.27. The molecule has 0 aliphatic carbocycles. The molecule has 0 spiro atoms. The van der Waals surface area contributed by atoms with E-state index >= 15 is 0 Å². The predicted octanol–water partition coefficient (Wildman–Crippen LogP) is 3.63. The Morgan fingerprint density at radius 1 is 0.706 bits per heavy atom. The summed E-state index contributed by atoms with van der Waals surface area (Å²) < 4.78 is 1.21. The zero-order chi connectivity index (χ0) is 12.1. The highest BCUT2D eigenvalue weighted by Crippen LogP contribution is 2.06. The van der Waals surface area contributed by atoms with Crippen LogP contribution in [0.2, 0.25) is 0 Å². The van der Waals surface area contributed by atoms with E-state index in [9.17, 15) is 0 Å². The third-order valence-electron chi connectivity index (χ3n) is 2.22. The molecular weight excluding hydrogens is 319 g/mol. The monoisotopic (exact) mass is 327 g/mol. The molecule has 0 unspecified atom stereocenters. The van der Waals surface area contributed by atoms with E-state index in [1.807, 2.05) is 48.5 Å². The number of hydrogen-bond donors (Lipinski definition) is 0. The van der Waals surface area contributed by atoms with Gasteiger partial charge in [-0.05, 0) is 46.9 Å². The fraction of sp³-hybridized carbons (Fsp3) is 0. The Bertz CT molecular complexity index is 602. The predicted molar refractivity (Wildman–Crippen MR) is 77.8 cm³/mol. The molecule has 0 atom stereocenters. The Balaban J connectivity index is 2.21. The first-order valence-electron chi connectivity index (χ1n) is 5.08. The Labute approximate surface area is 115 Å². The second-order valence-electron chi connectivity index (χ2n) is 3.46. The van der Waals surface area contributed by atoms with E-state index in [0.29, 0.717) is 0 Å². The lowest BCUT2D eigenvalue weighted by Crippen LogP contribution is -1.78. The van der Waals surface area contributed by atoms with E-state index < -0.39 is 0 Å². The van der Waals surface area contributed by atoms with Crippen LogP contribution in [0.1, 0.15) is 16.7 Å². The van der Waals surface area contributed by atoms with E-state index in [2.05, 4.69) is 40.4 Å². The summed E-state index contributed by atoms with van der Waals surface area (Å²) in [7, 11) is 0. The van der Waals surface area contributed by atoms with Gasteiger partial charge in [0, 0.05) is 14.7 Å². The van der Waals surface area contributed by atoms with Gasteiger partial charge in [-0.25, -0.2) is 0 Å². The zero-order valence-electron chi connectivity index (χ0n) is 9.00. The van der Waals surface area contributed by atoms with Gasteiger partial charge in [-0.3, -0.25) is 5.92 Å². The Morgan fingerprint density at radius 2 is 1.12 bits per heavy atom. The molecule has 0 aliphatic rings. The topological polar surface area (TPSA) is 0 Å². The fourth-order valence-corrected chi connectivity index (χ4v) is 1.67. The number of hydrogen-bond acceptors (Lipinski definition) is 0. The molecule has 0 radical (unpaired) electrons. The van der Waals surface area contributed by atoms with Crippen molar-refractivity contribution in [1.29, 1.82) is 0 Å². The largest absolute Gasteiger partial charge is 0.366 e. The van der Waals surface area contributed by atoms with Crippen molar-refractivity contribution in [2.45, 2.75) is 0 Å². The molecule has 2 rings (SSSR count). The molecule has 0 amide bonds. The van der Waals surface area contributed by atoms with Crippen LogP contribution >= 0.6 is 22.6 Å². The molecule has 17 heavy (non-hydrogen) atoms.